The summed E-state index contributed by atoms with van der Waals surface area (Å²) >= 11 is 3.23. The average molecular weight is 259 g/mol. The Kier molecular flexibility index (Phi) is 3.53. The summed E-state index contributed by atoms with van der Waals surface area (Å²) in [6.45, 7) is 1.17. The molecule has 1 fully saturated rings. The smallest absolute Gasteiger partial charge is 0.217 e. The van der Waals surface area contributed by atoms with Gasteiger partial charge in [0.25, 0.3) is 0 Å². The molecule has 0 radical (unpaired) electrons. The summed E-state index contributed by atoms with van der Waals surface area (Å²) in [6, 6.07) is 0.674. The highest BCUT2D eigenvalue weighted by atomic mass is 79.9. The van der Waals surface area contributed by atoms with Crippen LogP contribution in [0.15, 0.2) is 4.73 Å². The van der Waals surface area contributed by atoms with Crippen LogP contribution in [-0.4, -0.2) is 27.8 Å². The molecule has 1 aromatic heterocycles. The number of H-pyrrole nitrogens is 1. The van der Waals surface area contributed by atoms with Gasteiger partial charge in [0.15, 0.2) is 0 Å². The van der Waals surface area contributed by atoms with Crippen molar-refractivity contribution < 1.29 is 0 Å². The maximum Gasteiger partial charge on any atom is 0.217 e. The van der Waals surface area contributed by atoms with Gasteiger partial charge in [-0.2, -0.15) is 0 Å². The Morgan fingerprint density at radius 3 is 3.00 bits per heavy atom. The lowest BCUT2D eigenvalue weighted by Gasteiger charge is -2.22. The van der Waals surface area contributed by atoms with Gasteiger partial charge in [0.05, 0.1) is 0 Å². The van der Waals surface area contributed by atoms with Crippen molar-refractivity contribution in [1.29, 1.82) is 0 Å². The van der Waals surface area contributed by atoms with Crippen LogP contribution in [0.3, 0.4) is 0 Å². The largest absolute Gasteiger partial charge is 0.314 e. The molecule has 78 valence electrons. The minimum atomic E-state index is 0.657. The van der Waals surface area contributed by atoms with Gasteiger partial charge in [0.2, 0.25) is 4.73 Å². The van der Waals surface area contributed by atoms with E-state index in [1.54, 1.807) is 0 Å². The lowest BCUT2D eigenvalue weighted by Crippen LogP contribution is -2.34. The Morgan fingerprint density at radius 1 is 1.43 bits per heavy atom. The first kappa shape index (κ1) is 10.1. The first-order chi connectivity index (χ1) is 6.84. The Hall–Kier alpha value is -0.420. The average Bonchev–Trinajstić information content (AvgIpc) is 2.63. The number of aryl methyl sites for hydroxylation is 1. The molecular weight excluding hydrogens is 244 g/mol. The van der Waals surface area contributed by atoms with Gasteiger partial charge < -0.3 is 5.32 Å². The van der Waals surface area contributed by atoms with Crippen molar-refractivity contribution in [2.45, 2.75) is 38.1 Å². The van der Waals surface area contributed by atoms with E-state index in [0.29, 0.717) is 10.8 Å². The van der Waals surface area contributed by atoms with Crippen LogP contribution >= 0.6 is 15.9 Å². The summed E-state index contributed by atoms with van der Waals surface area (Å²) in [5, 5.41) is 10.4. The van der Waals surface area contributed by atoms with E-state index in [2.05, 4.69) is 36.4 Å². The summed E-state index contributed by atoms with van der Waals surface area (Å²) in [5.74, 6) is 0.976. The second-order valence-electron chi connectivity index (χ2n) is 3.74. The second-order valence-corrected chi connectivity index (χ2v) is 4.45. The lowest BCUT2D eigenvalue weighted by atomic mass is 10.0. The Balaban J connectivity index is 1.76. The fourth-order valence-electron chi connectivity index (χ4n) is 1.87. The van der Waals surface area contributed by atoms with Crippen molar-refractivity contribution >= 4 is 15.9 Å². The van der Waals surface area contributed by atoms with Gasteiger partial charge in [-0.15, -0.1) is 5.10 Å². The minimum Gasteiger partial charge on any atom is -0.314 e. The molecule has 0 bridgehead atoms. The number of hydrogen-bond donors (Lipinski definition) is 2. The number of nitrogens with zero attached hydrogens (tertiary/aromatic N) is 2. The zero-order chi connectivity index (χ0) is 9.80. The summed E-state index contributed by atoms with van der Waals surface area (Å²) in [5.41, 5.74) is 0. The van der Waals surface area contributed by atoms with Crippen LogP contribution in [0.25, 0.3) is 0 Å². The molecule has 4 nitrogen and oxygen atoms in total. The quantitative estimate of drug-likeness (QED) is 0.867. The molecule has 14 heavy (non-hydrogen) atoms. The molecular formula is C9H15BrN4. The molecule has 1 aliphatic rings. The maximum absolute atomic E-state index is 4.22. The number of halogens is 1. The SMILES string of the molecule is Brc1n[nH]c(CCC2CCCCN2)n1. The van der Waals surface area contributed by atoms with Gasteiger partial charge in [0.1, 0.15) is 5.82 Å². The fraction of sp³-hybridized carbons (Fsp3) is 0.778. The van der Waals surface area contributed by atoms with Crippen molar-refractivity contribution in [1.82, 2.24) is 20.5 Å². The van der Waals surface area contributed by atoms with Crippen LogP contribution in [0.4, 0.5) is 0 Å². The molecule has 0 aromatic carbocycles. The summed E-state index contributed by atoms with van der Waals surface area (Å²) in [6.07, 6.45) is 6.12. The number of nitrogens with one attached hydrogen (secondary N) is 2. The van der Waals surface area contributed by atoms with E-state index in [9.17, 15) is 0 Å². The lowest BCUT2D eigenvalue weighted by molar-refractivity contribution is 0.381. The van der Waals surface area contributed by atoms with E-state index >= 15 is 0 Å². The van der Waals surface area contributed by atoms with Crippen LogP contribution < -0.4 is 5.32 Å². The molecule has 1 aliphatic heterocycles. The van der Waals surface area contributed by atoms with E-state index in [-0.39, 0.29) is 0 Å². The van der Waals surface area contributed by atoms with E-state index in [1.165, 1.54) is 25.8 Å². The minimum absolute atomic E-state index is 0.657. The fourth-order valence-corrected chi connectivity index (χ4v) is 2.17. The molecule has 0 saturated carbocycles. The van der Waals surface area contributed by atoms with E-state index < -0.39 is 0 Å². The second kappa shape index (κ2) is 4.89. The molecule has 5 heteroatoms. The van der Waals surface area contributed by atoms with Gasteiger partial charge in [-0.25, -0.2) is 4.98 Å². The highest BCUT2D eigenvalue weighted by molar-refractivity contribution is 9.10. The van der Waals surface area contributed by atoms with E-state index in [1.807, 2.05) is 0 Å². The van der Waals surface area contributed by atoms with E-state index in [4.69, 9.17) is 0 Å². The highest BCUT2D eigenvalue weighted by Gasteiger charge is 2.12. The van der Waals surface area contributed by atoms with Crippen molar-refractivity contribution in [2.75, 3.05) is 6.54 Å². The molecule has 1 aromatic rings. The topological polar surface area (TPSA) is 53.6 Å². The summed E-state index contributed by atoms with van der Waals surface area (Å²) < 4.78 is 0.657. The van der Waals surface area contributed by atoms with Gasteiger partial charge in [-0.3, -0.25) is 5.10 Å². The molecule has 1 atom stereocenters. The molecule has 2 N–H and O–H groups in total. The molecule has 0 spiro atoms. The predicted molar refractivity (Wildman–Crippen MR) is 58.0 cm³/mol. The molecule has 2 heterocycles. The first-order valence-corrected chi connectivity index (χ1v) is 5.94. The molecule has 2 rings (SSSR count). The summed E-state index contributed by atoms with van der Waals surface area (Å²) in [7, 11) is 0. The van der Waals surface area contributed by atoms with Crippen LogP contribution in [0.2, 0.25) is 0 Å². The molecule has 0 aliphatic carbocycles. The molecule has 1 unspecified atom stereocenters. The van der Waals surface area contributed by atoms with Gasteiger partial charge in [-0.1, -0.05) is 6.42 Å². The van der Waals surface area contributed by atoms with Crippen LogP contribution in [0, 0.1) is 0 Å². The van der Waals surface area contributed by atoms with Crippen molar-refractivity contribution in [3.8, 4) is 0 Å². The number of aromatic amines is 1. The zero-order valence-electron chi connectivity index (χ0n) is 8.09. The zero-order valence-corrected chi connectivity index (χ0v) is 9.68. The highest BCUT2D eigenvalue weighted by Crippen LogP contribution is 2.12. The third kappa shape index (κ3) is 2.78. The van der Waals surface area contributed by atoms with E-state index in [0.717, 1.165) is 18.7 Å². The monoisotopic (exact) mass is 258 g/mol. The van der Waals surface area contributed by atoms with Crippen LogP contribution in [-0.2, 0) is 6.42 Å². The normalized spacial score (nSPS) is 22.5. The number of hydrogen-bond acceptors (Lipinski definition) is 3. The number of piperidine rings is 1. The number of rotatable bonds is 3. The van der Waals surface area contributed by atoms with Crippen LogP contribution in [0.5, 0.6) is 0 Å². The third-order valence-electron chi connectivity index (χ3n) is 2.65. The predicted octanol–water partition coefficient (Wildman–Crippen LogP) is 1.64. The molecule has 0 amide bonds. The number of aromatic nitrogens is 3. The Labute approximate surface area is 92.0 Å². The standard InChI is InChI=1S/C9H15BrN4/c10-9-12-8(13-14-9)5-4-7-3-1-2-6-11-7/h7,11H,1-6H2,(H,12,13,14). The van der Waals surface area contributed by atoms with Crippen molar-refractivity contribution in [2.24, 2.45) is 0 Å². The Bertz CT molecular complexity index is 280. The first-order valence-electron chi connectivity index (χ1n) is 5.15. The van der Waals surface area contributed by atoms with Gasteiger partial charge in [-0.05, 0) is 41.7 Å². The van der Waals surface area contributed by atoms with Crippen LogP contribution in [0.1, 0.15) is 31.5 Å². The van der Waals surface area contributed by atoms with Gasteiger partial charge in [0, 0.05) is 12.5 Å². The molecule has 1 saturated heterocycles. The van der Waals surface area contributed by atoms with Crippen molar-refractivity contribution in [3.63, 3.8) is 0 Å². The summed E-state index contributed by atoms with van der Waals surface area (Å²) in [4.78, 5) is 4.22. The van der Waals surface area contributed by atoms with Crippen molar-refractivity contribution in [3.05, 3.63) is 10.6 Å². The Morgan fingerprint density at radius 2 is 2.36 bits per heavy atom. The third-order valence-corrected chi connectivity index (χ3v) is 3.00. The van der Waals surface area contributed by atoms with Gasteiger partial charge >= 0.3 is 0 Å². The maximum atomic E-state index is 4.22.